The smallest absolute Gasteiger partial charge is 0.338 e. The quantitative estimate of drug-likeness (QED) is 0.720. The van der Waals surface area contributed by atoms with Gasteiger partial charge in [-0.15, -0.1) is 0 Å². The van der Waals surface area contributed by atoms with Gasteiger partial charge in [-0.25, -0.2) is 4.79 Å². The number of aryl methyl sites for hydroxylation is 1. The summed E-state index contributed by atoms with van der Waals surface area (Å²) in [7, 11) is 0. The van der Waals surface area contributed by atoms with Gasteiger partial charge in [-0.2, -0.15) is 0 Å². The molecule has 0 bridgehead atoms. The molecule has 1 rings (SSSR count). The van der Waals surface area contributed by atoms with Crippen molar-refractivity contribution in [3.63, 3.8) is 0 Å². The molecule has 5 heteroatoms. The van der Waals surface area contributed by atoms with Crippen molar-refractivity contribution < 1.29 is 14.7 Å². The fraction of sp³-hybridized carbons (Fsp3) is 0.500. The summed E-state index contributed by atoms with van der Waals surface area (Å²) in [6, 6.07) is 5.20. The summed E-state index contributed by atoms with van der Waals surface area (Å²) < 4.78 is 0. The molecule has 1 amide bonds. The Morgan fingerprint density at radius 3 is 2.52 bits per heavy atom. The van der Waals surface area contributed by atoms with Crippen molar-refractivity contribution in [1.82, 2.24) is 0 Å². The van der Waals surface area contributed by atoms with E-state index in [1.54, 1.807) is 25.1 Å². The summed E-state index contributed by atoms with van der Waals surface area (Å²) in [5.41, 5.74) is 6.81. The molecule has 0 saturated heterocycles. The number of carbonyl (C=O) groups is 2. The Kier molecular flexibility index (Phi) is 6.37. The van der Waals surface area contributed by atoms with E-state index in [1.807, 2.05) is 13.8 Å². The zero-order valence-electron chi connectivity index (χ0n) is 12.8. The number of nitrogens with two attached hydrogens (primary N) is 1. The fourth-order valence-electron chi connectivity index (χ4n) is 2.19. The van der Waals surface area contributed by atoms with E-state index >= 15 is 0 Å². The van der Waals surface area contributed by atoms with Crippen LogP contribution in [0.15, 0.2) is 18.2 Å². The van der Waals surface area contributed by atoms with E-state index in [9.17, 15) is 14.7 Å². The molecule has 0 heterocycles. The van der Waals surface area contributed by atoms with Crippen LogP contribution in [-0.2, 0) is 4.79 Å². The number of amides is 1. The first-order valence-corrected chi connectivity index (χ1v) is 7.22. The first-order valence-electron chi connectivity index (χ1n) is 7.22. The summed E-state index contributed by atoms with van der Waals surface area (Å²) in [6.45, 7) is 5.49. The molecule has 0 spiro atoms. The lowest BCUT2D eigenvalue weighted by molar-refractivity contribution is -0.119. The van der Waals surface area contributed by atoms with Crippen LogP contribution in [-0.4, -0.2) is 23.0 Å². The van der Waals surface area contributed by atoms with Crippen LogP contribution in [0.5, 0.6) is 0 Å². The van der Waals surface area contributed by atoms with Gasteiger partial charge in [0.15, 0.2) is 0 Å². The van der Waals surface area contributed by atoms with Crippen LogP contribution in [0.25, 0.3) is 0 Å². The third-order valence-electron chi connectivity index (χ3n) is 3.49. The molecule has 2 atom stereocenters. The Bertz CT molecular complexity index is 512. The Balaban J connectivity index is 2.70. The summed E-state index contributed by atoms with van der Waals surface area (Å²) in [6.07, 6.45) is 2.50. The molecule has 0 radical (unpaired) electrons. The molecule has 2 unspecified atom stereocenters. The molecule has 0 aliphatic heterocycles. The highest BCUT2D eigenvalue weighted by Gasteiger charge is 2.18. The number of nitrogens with one attached hydrogen (secondary N) is 1. The number of carboxylic acids is 1. The van der Waals surface area contributed by atoms with E-state index in [2.05, 4.69) is 5.32 Å². The SMILES string of the molecule is Cc1cccc(NC(=O)C(C)CCCC(C)N)c1C(=O)O. The van der Waals surface area contributed by atoms with E-state index < -0.39 is 5.97 Å². The zero-order chi connectivity index (χ0) is 16.0. The lowest BCUT2D eigenvalue weighted by Gasteiger charge is -2.15. The van der Waals surface area contributed by atoms with Gasteiger partial charge < -0.3 is 16.2 Å². The third kappa shape index (κ3) is 5.19. The second-order valence-electron chi connectivity index (χ2n) is 5.60. The second-order valence-corrected chi connectivity index (χ2v) is 5.60. The van der Waals surface area contributed by atoms with Crippen molar-refractivity contribution in [2.75, 3.05) is 5.32 Å². The molecule has 21 heavy (non-hydrogen) atoms. The van der Waals surface area contributed by atoms with Gasteiger partial charge in [0.1, 0.15) is 0 Å². The summed E-state index contributed by atoms with van der Waals surface area (Å²) in [5.74, 6) is -1.37. The minimum absolute atomic E-state index is 0.135. The summed E-state index contributed by atoms with van der Waals surface area (Å²) in [4.78, 5) is 23.4. The lowest BCUT2D eigenvalue weighted by Crippen LogP contribution is -2.23. The van der Waals surface area contributed by atoms with Crippen LogP contribution in [0.2, 0.25) is 0 Å². The maximum Gasteiger partial charge on any atom is 0.338 e. The number of anilines is 1. The van der Waals surface area contributed by atoms with Crippen molar-refractivity contribution in [3.8, 4) is 0 Å². The van der Waals surface area contributed by atoms with Gasteiger partial charge in [-0.1, -0.05) is 25.5 Å². The van der Waals surface area contributed by atoms with Crippen LogP contribution in [0.4, 0.5) is 5.69 Å². The standard InChI is InChI=1S/C16H24N2O3/c1-10-6-5-9-13(14(10)16(20)21)18-15(19)11(2)7-4-8-12(3)17/h5-6,9,11-12H,4,7-8,17H2,1-3H3,(H,18,19)(H,20,21). The number of aromatic carboxylic acids is 1. The lowest BCUT2D eigenvalue weighted by atomic mass is 10.0. The molecule has 4 N–H and O–H groups in total. The van der Waals surface area contributed by atoms with E-state index in [-0.39, 0.29) is 23.4 Å². The van der Waals surface area contributed by atoms with E-state index in [4.69, 9.17) is 5.73 Å². The number of benzene rings is 1. The topological polar surface area (TPSA) is 92.4 Å². The minimum Gasteiger partial charge on any atom is -0.478 e. The molecule has 0 aliphatic rings. The highest BCUT2D eigenvalue weighted by Crippen LogP contribution is 2.21. The van der Waals surface area contributed by atoms with Crippen molar-refractivity contribution >= 4 is 17.6 Å². The van der Waals surface area contributed by atoms with E-state index in [0.717, 1.165) is 19.3 Å². The van der Waals surface area contributed by atoms with Gasteiger partial charge in [-0.05, 0) is 38.3 Å². The van der Waals surface area contributed by atoms with Crippen molar-refractivity contribution in [2.45, 2.75) is 46.1 Å². The molecule has 5 nitrogen and oxygen atoms in total. The third-order valence-corrected chi connectivity index (χ3v) is 3.49. The Morgan fingerprint density at radius 1 is 1.29 bits per heavy atom. The monoisotopic (exact) mass is 292 g/mol. The largest absolute Gasteiger partial charge is 0.478 e. The normalized spacial score (nSPS) is 13.5. The average molecular weight is 292 g/mol. The van der Waals surface area contributed by atoms with Crippen molar-refractivity contribution in [3.05, 3.63) is 29.3 Å². The van der Waals surface area contributed by atoms with Gasteiger partial charge in [0.2, 0.25) is 5.91 Å². The molecule has 116 valence electrons. The second kappa shape index (κ2) is 7.78. The predicted octanol–water partition coefficient (Wildman–Crippen LogP) is 2.79. The zero-order valence-corrected chi connectivity index (χ0v) is 12.8. The van der Waals surface area contributed by atoms with Gasteiger partial charge in [-0.3, -0.25) is 4.79 Å². The molecule has 0 aromatic heterocycles. The molecule has 0 fully saturated rings. The Labute approximate surface area is 125 Å². The van der Waals surface area contributed by atoms with Crippen molar-refractivity contribution in [2.24, 2.45) is 11.7 Å². The van der Waals surface area contributed by atoms with Gasteiger partial charge in [0.25, 0.3) is 0 Å². The van der Waals surface area contributed by atoms with Crippen LogP contribution >= 0.6 is 0 Å². The van der Waals surface area contributed by atoms with Gasteiger partial charge >= 0.3 is 5.97 Å². The highest BCUT2D eigenvalue weighted by atomic mass is 16.4. The number of hydrogen-bond donors (Lipinski definition) is 3. The molecule has 0 aliphatic carbocycles. The molecular weight excluding hydrogens is 268 g/mol. The molecular formula is C16H24N2O3. The van der Waals surface area contributed by atoms with Crippen LogP contribution < -0.4 is 11.1 Å². The number of rotatable bonds is 7. The Hall–Kier alpha value is -1.88. The van der Waals surface area contributed by atoms with Crippen LogP contribution in [0.1, 0.15) is 49.0 Å². The van der Waals surface area contributed by atoms with Gasteiger partial charge in [0, 0.05) is 12.0 Å². The Morgan fingerprint density at radius 2 is 1.95 bits per heavy atom. The predicted molar refractivity (Wildman–Crippen MR) is 83.4 cm³/mol. The number of carbonyl (C=O) groups excluding carboxylic acids is 1. The highest BCUT2D eigenvalue weighted by molar-refractivity contribution is 6.02. The average Bonchev–Trinajstić information content (AvgIpc) is 2.37. The van der Waals surface area contributed by atoms with Gasteiger partial charge in [0.05, 0.1) is 11.3 Å². The van der Waals surface area contributed by atoms with E-state index in [1.165, 1.54) is 0 Å². The number of hydrogen-bond acceptors (Lipinski definition) is 3. The summed E-state index contributed by atoms with van der Waals surface area (Å²) >= 11 is 0. The summed E-state index contributed by atoms with van der Waals surface area (Å²) in [5, 5.41) is 12.0. The van der Waals surface area contributed by atoms with Crippen molar-refractivity contribution in [1.29, 1.82) is 0 Å². The maximum atomic E-state index is 12.1. The number of carboxylic acid groups (broad SMARTS) is 1. The molecule has 1 aromatic carbocycles. The minimum atomic E-state index is -1.03. The van der Waals surface area contributed by atoms with E-state index in [0.29, 0.717) is 11.3 Å². The van der Waals surface area contributed by atoms with Crippen LogP contribution in [0, 0.1) is 12.8 Å². The van der Waals surface area contributed by atoms with Crippen LogP contribution in [0.3, 0.4) is 0 Å². The fourth-order valence-corrected chi connectivity index (χ4v) is 2.19. The molecule has 1 aromatic rings. The first-order chi connectivity index (χ1) is 9.82. The first kappa shape index (κ1) is 17.2. The maximum absolute atomic E-state index is 12.1. The molecule has 0 saturated carbocycles.